The Bertz CT molecular complexity index is 407. The van der Waals surface area contributed by atoms with Crippen LogP contribution in [0.1, 0.15) is 0 Å². The zero-order chi connectivity index (χ0) is 12.1. The minimum absolute atomic E-state index is 0.0638. The summed E-state index contributed by atoms with van der Waals surface area (Å²) in [6.45, 7) is -0.651. The number of nitro benzene ring substituents is 1. The largest absolute Gasteiger partial charge is 0.480 e. The fraction of sp³-hybridized carbons (Fsp3) is 0.222. The summed E-state index contributed by atoms with van der Waals surface area (Å²) in [7, 11) is 0. The van der Waals surface area contributed by atoms with Crippen LogP contribution in [0.2, 0.25) is 0 Å². The number of carbonyl (C=O) groups is 1. The number of para-hydroxylation sites is 2. The second kappa shape index (κ2) is 5.08. The molecular formula is C9H10N2O5. The van der Waals surface area contributed by atoms with Gasteiger partial charge in [0.1, 0.15) is 11.7 Å². The van der Waals surface area contributed by atoms with E-state index in [1.165, 1.54) is 24.3 Å². The third kappa shape index (κ3) is 2.67. The summed E-state index contributed by atoms with van der Waals surface area (Å²) in [4.78, 5) is 20.6. The summed E-state index contributed by atoms with van der Waals surface area (Å²) in [6, 6.07) is 4.37. The molecule has 1 rings (SSSR count). The van der Waals surface area contributed by atoms with Gasteiger partial charge < -0.3 is 15.5 Å². The summed E-state index contributed by atoms with van der Waals surface area (Å²) in [5.74, 6) is -1.28. The maximum Gasteiger partial charge on any atom is 0.328 e. The van der Waals surface area contributed by atoms with Crippen molar-refractivity contribution in [2.24, 2.45) is 0 Å². The molecule has 0 heterocycles. The highest BCUT2D eigenvalue weighted by Gasteiger charge is 2.20. The Hall–Kier alpha value is -2.15. The number of aliphatic hydroxyl groups is 1. The van der Waals surface area contributed by atoms with Crippen LogP contribution < -0.4 is 5.32 Å². The highest BCUT2D eigenvalue weighted by Crippen LogP contribution is 2.23. The highest BCUT2D eigenvalue weighted by molar-refractivity contribution is 5.79. The Morgan fingerprint density at radius 2 is 2.12 bits per heavy atom. The number of aliphatic hydroxyl groups excluding tert-OH is 1. The predicted octanol–water partition coefficient (Wildman–Crippen LogP) is 0.452. The van der Waals surface area contributed by atoms with Crippen LogP contribution >= 0.6 is 0 Å². The van der Waals surface area contributed by atoms with Gasteiger partial charge in [0.15, 0.2) is 0 Å². The number of hydrogen-bond acceptors (Lipinski definition) is 5. The monoisotopic (exact) mass is 226 g/mol. The first-order chi connectivity index (χ1) is 7.56. The van der Waals surface area contributed by atoms with Gasteiger partial charge in [0.2, 0.25) is 0 Å². The van der Waals surface area contributed by atoms with Gasteiger partial charge in [-0.25, -0.2) is 4.79 Å². The van der Waals surface area contributed by atoms with Crippen LogP contribution in [0.5, 0.6) is 0 Å². The van der Waals surface area contributed by atoms with Gasteiger partial charge in [0.25, 0.3) is 5.69 Å². The van der Waals surface area contributed by atoms with E-state index < -0.39 is 23.5 Å². The molecule has 0 unspecified atom stereocenters. The van der Waals surface area contributed by atoms with Crippen molar-refractivity contribution in [3.63, 3.8) is 0 Å². The van der Waals surface area contributed by atoms with Gasteiger partial charge in [-0.05, 0) is 6.07 Å². The summed E-state index contributed by atoms with van der Waals surface area (Å²) in [6.07, 6.45) is 0. The van der Waals surface area contributed by atoms with Crippen molar-refractivity contribution in [3.8, 4) is 0 Å². The van der Waals surface area contributed by atoms with Crippen molar-refractivity contribution >= 4 is 17.3 Å². The van der Waals surface area contributed by atoms with Crippen LogP contribution in [0.25, 0.3) is 0 Å². The molecule has 7 nitrogen and oxygen atoms in total. The van der Waals surface area contributed by atoms with Crippen molar-refractivity contribution in [3.05, 3.63) is 34.4 Å². The molecule has 0 amide bonds. The summed E-state index contributed by atoms with van der Waals surface area (Å²) in [5, 5.41) is 30.4. The number of anilines is 1. The maximum atomic E-state index is 10.6. The highest BCUT2D eigenvalue weighted by atomic mass is 16.6. The lowest BCUT2D eigenvalue weighted by molar-refractivity contribution is -0.384. The zero-order valence-corrected chi connectivity index (χ0v) is 8.16. The van der Waals surface area contributed by atoms with Crippen molar-refractivity contribution in [2.45, 2.75) is 6.04 Å². The summed E-state index contributed by atoms with van der Waals surface area (Å²) >= 11 is 0. The third-order valence-electron chi connectivity index (χ3n) is 1.91. The number of carboxylic acid groups (broad SMARTS) is 1. The lowest BCUT2D eigenvalue weighted by Crippen LogP contribution is -2.32. The van der Waals surface area contributed by atoms with Crippen LogP contribution in [-0.2, 0) is 4.79 Å². The van der Waals surface area contributed by atoms with E-state index in [2.05, 4.69) is 5.32 Å². The van der Waals surface area contributed by atoms with E-state index in [0.717, 1.165) is 0 Å². The average molecular weight is 226 g/mol. The predicted molar refractivity (Wildman–Crippen MR) is 55.2 cm³/mol. The minimum Gasteiger partial charge on any atom is -0.480 e. The minimum atomic E-state index is -1.28. The van der Waals surface area contributed by atoms with E-state index >= 15 is 0 Å². The first-order valence-electron chi connectivity index (χ1n) is 4.40. The Morgan fingerprint density at radius 3 is 2.62 bits per heavy atom. The number of rotatable bonds is 5. The lowest BCUT2D eigenvalue weighted by Gasteiger charge is -2.12. The van der Waals surface area contributed by atoms with Crippen molar-refractivity contribution in [1.29, 1.82) is 0 Å². The Morgan fingerprint density at radius 1 is 1.50 bits per heavy atom. The van der Waals surface area contributed by atoms with Gasteiger partial charge in [-0.3, -0.25) is 10.1 Å². The standard InChI is InChI=1S/C9H10N2O5/c12-5-7(9(13)14)10-6-3-1-2-4-8(6)11(15)16/h1-4,7,10,12H,5H2,(H,13,14)/t7-/m0/s1. The maximum absolute atomic E-state index is 10.6. The number of nitrogens with zero attached hydrogens (tertiary/aromatic N) is 1. The Balaban J connectivity index is 2.95. The Kier molecular flexibility index (Phi) is 3.78. The second-order valence-corrected chi connectivity index (χ2v) is 2.99. The summed E-state index contributed by atoms with van der Waals surface area (Å²) < 4.78 is 0. The normalized spacial score (nSPS) is 11.8. The molecule has 1 atom stereocenters. The lowest BCUT2D eigenvalue weighted by atomic mass is 10.2. The molecule has 0 aliphatic carbocycles. The zero-order valence-electron chi connectivity index (χ0n) is 8.16. The van der Waals surface area contributed by atoms with E-state index in [0.29, 0.717) is 0 Å². The Labute approximate surface area is 90.5 Å². The van der Waals surface area contributed by atoms with Crippen LogP contribution in [0.15, 0.2) is 24.3 Å². The number of nitrogens with one attached hydrogen (secondary N) is 1. The molecule has 0 aliphatic rings. The molecule has 0 saturated carbocycles. The molecule has 3 N–H and O–H groups in total. The van der Waals surface area contributed by atoms with Crippen LogP contribution in [-0.4, -0.2) is 33.8 Å². The molecule has 1 aromatic rings. The smallest absolute Gasteiger partial charge is 0.328 e. The average Bonchev–Trinajstić information content (AvgIpc) is 2.25. The van der Waals surface area contributed by atoms with E-state index in [4.69, 9.17) is 10.2 Å². The molecule has 0 saturated heterocycles. The quantitative estimate of drug-likeness (QED) is 0.496. The van der Waals surface area contributed by atoms with E-state index in [1.807, 2.05) is 0 Å². The fourth-order valence-electron chi connectivity index (χ4n) is 1.13. The third-order valence-corrected chi connectivity index (χ3v) is 1.91. The first-order valence-corrected chi connectivity index (χ1v) is 4.40. The topological polar surface area (TPSA) is 113 Å². The number of aliphatic carboxylic acids is 1. The van der Waals surface area contributed by atoms with Crippen molar-refractivity contribution in [1.82, 2.24) is 0 Å². The van der Waals surface area contributed by atoms with Gasteiger partial charge in [-0.15, -0.1) is 0 Å². The molecule has 16 heavy (non-hydrogen) atoms. The van der Waals surface area contributed by atoms with Gasteiger partial charge in [-0.2, -0.15) is 0 Å². The molecule has 0 radical (unpaired) electrons. The molecule has 0 fully saturated rings. The van der Waals surface area contributed by atoms with Gasteiger partial charge in [0, 0.05) is 6.07 Å². The SMILES string of the molecule is O=C(O)[C@H](CO)Nc1ccccc1[N+](=O)[O-]. The van der Waals surface area contributed by atoms with Crippen molar-refractivity contribution in [2.75, 3.05) is 11.9 Å². The molecule has 0 aliphatic heterocycles. The molecule has 7 heteroatoms. The number of hydrogen-bond donors (Lipinski definition) is 3. The molecular weight excluding hydrogens is 216 g/mol. The summed E-state index contributed by atoms with van der Waals surface area (Å²) in [5.41, 5.74) is -0.170. The first kappa shape index (κ1) is 11.9. The van der Waals surface area contributed by atoms with E-state index in [-0.39, 0.29) is 11.4 Å². The molecule has 0 spiro atoms. The van der Waals surface area contributed by atoms with Gasteiger partial charge in [0.05, 0.1) is 11.5 Å². The van der Waals surface area contributed by atoms with Gasteiger partial charge >= 0.3 is 5.97 Å². The van der Waals surface area contributed by atoms with Gasteiger partial charge in [-0.1, -0.05) is 12.1 Å². The second-order valence-electron chi connectivity index (χ2n) is 2.99. The van der Waals surface area contributed by atoms with E-state index in [9.17, 15) is 14.9 Å². The van der Waals surface area contributed by atoms with Crippen molar-refractivity contribution < 1.29 is 19.9 Å². The van der Waals surface area contributed by atoms with Crippen LogP contribution in [0.4, 0.5) is 11.4 Å². The molecule has 0 aromatic heterocycles. The van der Waals surface area contributed by atoms with Crippen LogP contribution in [0, 0.1) is 10.1 Å². The fourth-order valence-corrected chi connectivity index (χ4v) is 1.13. The van der Waals surface area contributed by atoms with Crippen LogP contribution in [0.3, 0.4) is 0 Å². The number of carboxylic acids is 1. The molecule has 0 bridgehead atoms. The number of benzene rings is 1. The van der Waals surface area contributed by atoms with E-state index in [1.54, 1.807) is 0 Å². The molecule has 1 aromatic carbocycles. The number of nitro groups is 1. The molecule has 86 valence electrons.